The third kappa shape index (κ3) is 6.06. The number of anilines is 1. The molecular formula is C24H18Br2N2O2. The number of carbonyl (C=O) groups excluding carboxylic acids is 1. The maximum absolute atomic E-state index is 12.4. The summed E-state index contributed by atoms with van der Waals surface area (Å²) in [6, 6.07) is 22.7. The average Bonchev–Trinajstić information content (AvgIpc) is 2.74. The lowest BCUT2D eigenvalue weighted by atomic mass is 10.1. The van der Waals surface area contributed by atoms with Gasteiger partial charge in [-0.15, -0.1) is 0 Å². The minimum absolute atomic E-state index is 0.0122. The van der Waals surface area contributed by atoms with Gasteiger partial charge in [-0.1, -0.05) is 51.8 Å². The highest BCUT2D eigenvalue weighted by Gasteiger charge is 2.10. The Hall–Kier alpha value is -2.88. The van der Waals surface area contributed by atoms with Crippen molar-refractivity contribution >= 4 is 49.5 Å². The van der Waals surface area contributed by atoms with Gasteiger partial charge < -0.3 is 10.1 Å². The molecule has 1 N–H and O–H groups in total. The van der Waals surface area contributed by atoms with Crippen molar-refractivity contribution in [3.8, 4) is 11.8 Å². The molecule has 0 unspecified atom stereocenters. The molecule has 4 nitrogen and oxygen atoms in total. The van der Waals surface area contributed by atoms with Crippen LogP contribution in [0, 0.1) is 18.3 Å². The van der Waals surface area contributed by atoms with E-state index in [0.29, 0.717) is 23.6 Å². The van der Waals surface area contributed by atoms with E-state index in [1.165, 1.54) is 5.56 Å². The van der Waals surface area contributed by atoms with Crippen LogP contribution < -0.4 is 10.1 Å². The molecule has 3 rings (SSSR count). The fourth-order valence-electron chi connectivity index (χ4n) is 2.62. The molecule has 0 aliphatic heterocycles. The first-order valence-electron chi connectivity index (χ1n) is 9.11. The van der Waals surface area contributed by atoms with Gasteiger partial charge in [-0.25, -0.2) is 0 Å². The molecule has 0 saturated carbocycles. The van der Waals surface area contributed by atoms with Crippen molar-refractivity contribution in [1.82, 2.24) is 0 Å². The summed E-state index contributed by atoms with van der Waals surface area (Å²) in [6.07, 6.45) is 1.54. The highest BCUT2D eigenvalue weighted by Crippen LogP contribution is 2.28. The van der Waals surface area contributed by atoms with Crippen molar-refractivity contribution in [2.24, 2.45) is 0 Å². The normalized spacial score (nSPS) is 10.9. The molecule has 0 radical (unpaired) electrons. The highest BCUT2D eigenvalue weighted by atomic mass is 79.9. The van der Waals surface area contributed by atoms with Gasteiger partial charge in [0.2, 0.25) is 0 Å². The number of aryl methyl sites for hydroxylation is 1. The zero-order chi connectivity index (χ0) is 21.5. The quantitative estimate of drug-likeness (QED) is 0.289. The Morgan fingerprint density at radius 2 is 1.77 bits per heavy atom. The number of rotatable bonds is 6. The van der Waals surface area contributed by atoms with Crippen molar-refractivity contribution in [2.75, 3.05) is 5.32 Å². The molecule has 0 aliphatic carbocycles. The van der Waals surface area contributed by atoms with Crippen LogP contribution in [0.2, 0.25) is 0 Å². The molecule has 0 fully saturated rings. The van der Waals surface area contributed by atoms with Crippen LogP contribution in [-0.4, -0.2) is 5.91 Å². The van der Waals surface area contributed by atoms with E-state index in [9.17, 15) is 10.1 Å². The number of amides is 1. The lowest BCUT2D eigenvalue weighted by Crippen LogP contribution is -2.13. The smallest absolute Gasteiger partial charge is 0.266 e. The van der Waals surface area contributed by atoms with Crippen LogP contribution in [0.4, 0.5) is 5.69 Å². The first-order chi connectivity index (χ1) is 14.4. The van der Waals surface area contributed by atoms with E-state index in [1.807, 2.05) is 61.5 Å². The van der Waals surface area contributed by atoms with E-state index in [4.69, 9.17) is 4.74 Å². The van der Waals surface area contributed by atoms with Crippen molar-refractivity contribution in [2.45, 2.75) is 13.5 Å². The first kappa shape index (κ1) is 21.8. The van der Waals surface area contributed by atoms with Gasteiger partial charge >= 0.3 is 0 Å². The number of carbonyl (C=O) groups is 1. The molecule has 1 amide bonds. The number of nitrogens with zero attached hydrogens (tertiary/aromatic N) is 1. The van der Waals surface area contributed by atoms with Gasteiger partial charge in [-0.3, -0.25) is 4.79 Å². The predicted molar refractivity (Wildman–Crippen MR) is 126 cm³/mol. The van der Waals surface area contributed by atoms with E-state index in [2.05, 4.69) is 37.2 Å². The van der Waals surface area contributed by atoms with Crippen LogP contribution in [0.25, 0.3) is 6.08 Å². The standard InChI is InChI=1S/C24H18Br2N2O2/c1-16-2-4-17(5-3-16)15-30-23-11-6-18(13-22(23)26)12-19(14-27)24(29)28-21-9-7-20(25)8-10-21/h2-13H,15H2,1H3,(H,28,29)/b19-12-. The Bertz CT molecular complexity index is 1120. The summed E-state index contributed by atoms with van der Waals surface area (Å²) in [5.74, 6) is 0.223. The first-order valence-corrected chi connectivity index (χ1v) is 10.7. The molecule has 0 bridgehead atoms. The second-order valence-corrected chi connectivity index (χ2v) is 8.36. The van der Waals surface area contributed by atoms with Crippen LogP contribution in [0.15, 0.2) is 81.2 Å². The Labute approximate surface area is 192 Å². The number of benzene rings is 3. The number of nitrogens with one attached hydrogen (secondary N) is 1. The number of hydrogen-bond donors (Lipinski definition) is 1. The third-order valence-corrected chi connectivity index (χ3v) is 5.40. The van der Waals surface area contributed by atoms with Gasteiger partial charge in [0.1, 0.15) is 24.0 Å². The fourth-order valence-corrected chi connectivity index (χ4v) is 3.39. The SMILES string of the molecule is Cc1ccc(COc2ccc(/C=C(/C#N)C(=O)Nc3ccc(Br)cc3)cc2Br)cc1. The van der Waals surface area contributed by atoms with Gasteiger partial charge in [0.05, 0.1) is 4.47 Å². The molecule has 3 aromatic carbocycles. The third-order valence-electron chi connectivity index (χ3n) is 4.25. The number of hydrogen-bond acceptors (Lipinski definition) is 3. The molecule has 0 aliphatic rings. The maximum atomic E-state index is 12.4. The van der Waals surface area contributed by atoms with Gasteiger partial charge in [-0.2, -0.15) is 5.26 Å². The Morgan fingerprint density at radius 1 is 1.07 bits per heavy atom. The number of halogens is 2. The lowest BCUT2D eigenvalue weighted by Gasteiger charge is -2.09. The van der Waals surface area contributed by atoms with Gasteiger partial charge in [-0.05, 0) is 76.5 Å². The summed E-state index contributed by atoms with van der Waals surface area (Å²) in [4.78, 5) is 12.4. The van der Waals surface area contributed by atoms with Gasteiger partial charge in [0.25, 0.3) is 5.91 Å². The second-order valence-electron chi connectivity index (χ2n) is 6.59. The van der Waals surface area contributed by atoms with E-state index < -0.39 is 5.91 Å². The molecule has 150 valence electrons. The topological polar surface area (TPSA) is 62.1 Å². The van der Waals surface area contributed by atoms with Crippen molar-refractivity contribution in [3.05, 3.63) is 97.9 Å². The van der Waals surface area contributed by atoms with Crippen LogP contribution in [0.1, 0.15) is 16.7 Å². The molecular weight excluding hydrogens is 508 g/mol. The predicted octanol–water partition coefficient (Wildman–Crippen LogP) is 6.64. The Morgan fingerprint density at radius 3 is 2.40 bits per heavy atom. The van der Waals surface area contributed by atoms with Crippen LogP contribution >= 0.6 is 31.9 Å². The Kier molecular flexibility index (Phi) is 7.45. The minimum atomic E-state index is -0.462. The lowest BCUT2D eigenvalue weighted by molar-refractivity contribution is -0.112. The van der Waals surface area contributed by atoms with Gasteiger partial charge in [0, 0.05) is 10.2 Å². The molecule has 0 aromatic heterocycles. The second kappa shape index (κ2) is 10.2. The molecule has 3 aromatic rings. The fraction of sp³-hybridized carbons (Fsp3) is 0.0833. The van der Waals surface area contributed by atoms with Crippen molar-refractivity contribution in [3.63, 3.8) is 0 Å². The van der Waals surface area contributed by atoms with Crippen LogP contribution in [0.5, 0.6) is 5.75 Å². The molecule has 6 heteroatoms. The summed E-state index contributed by atoms with van der Waals surface area (Å²) in [6.45, 7) is 2.50. The largest absolute Gasteiger partial charge is 0.488 e. The number of ether oxygens (including phenoxy) is 1. The molecule has 0 heterocycles. The molecule has 0 spiro atoms. The van der Waals surface area contributed by atoms with Gasteiger partial charge in [0.15, 0.2) is 0 Å². The van der Waals surface area contributed by atoms with Crippen LogP contribution in [0.3, 0.4) is 0 Å². The molecule has 30 heavy (non-hydrogen) atoms. The maximum Gasteiger partial charge on any atom is 0.266 e. The average molecular weight is 526 g/mol. The van der Waals surface area contributed by atoms with E-state index >= 15 is 0 Å². The van der Waals surface area contributed by atoms with Crippen molar-refractivity contribution < 1.29 is 9.53 Å². The summed E-state index contributed by atoms with van der Waals surface area (Å²) in [7, 11) is 0. The summed E-state index contributed by atoms with van der Waals surface area (Å²) < 4.78 is 7.52. The Balaban J connectivity index is 1.69. The van der Waals surface area contributed by atoms with Crippen LogP contribution in [-0.2, 0) is 11.4 Å². The molecule has 0 atom stereocenters. The molecule has 0 saturated heterocycles. The van der Waals surface area contributed by atoms with Crippen molar-refractivity contribution in [1.29, 1.82) is 5.26 Å². The van der Waals surface area contributed by atoms with E-state index in [0.717, 1.165) is 14.5 Å². The minimum Gasteiger partial charge on any atom is -0.488 e. The zero-order valence-electron chi connectivity index (χ0n) is 16.2. The highest BCUT2D eigenvalue weighted by molar-refractivity contribution is 9.10. The monoisotopic (exact) mass is 524 g/mol. The zero-order valence-corrected chi connectivity index (χ0v) is 19.3. The van der Waals surface area contributed by atoms with E-state index in [-0.39, 0.29) is 5.57 Å². The van der Waals surface area contributed by atoms with E-state index in [1.54, 1.807) is 24.3 Å². The summed E-state index contributed by atoms with van der Waals surface area (Å²) in [5, 5.41) is 12.1. The summed E-state index contributed by atoms with van der Waals surface area (Å²) >= 11 is 6.85. The summed E-state index contributed by atoms with van der Waals surface area (Å²) in [5.41, 5.74) is 3.62. The number of nitriles is 1.